The first-order valence-corrected chi connectivity index (χ1v) is 6.77. The smallest absolute Gasteiger partial charge is 0.123 e. The summed E-state index contributed by atoms with van der Waals surface area (Å²) < 4.78 is 27.9. The fourth-order valence-electron chi connectivity index (χ4n) is 2.24. The lowest BCUT2D eigenvalue weighted by molar-refractivity contribution is 0.216. The van der Waals surface area contributed by atoms with Gasteiger partial charge in [-0.3, -0.25) is 0 Å². The second-order valence-electron chi connectivity index (χ2n) is 4.51. The van der Waals surface area contributed by atoms with Crippen LogP contribution in [0.25, 0.3) is 0 Å². The maximum absolute atomic E-state index is 14.1. The van der Waals surface area contributed by atoms with E-state index < -0.39 is 6.17 Å². The minimum atomic E-state index is -0.951. The number of piperidine rings is 1. The summed E-state index contributed by atoms with van der Waals surface area (Å²) in [5.74, 6) is -0.313. The highest BCUT2D eigenvalue weighted by atomic mass is 79.9. The van der Waals surface area contributed by atoms with Gasteiger partial charge in [-0.05, 0) is 43.1 Å². The summed E-state index contributed by atoms with van der Waals surface area (Å²) in [4.78, 5) is 0. The zero-order valence-electron chi connectivity index (χ0n) is 9.56. The van der Waals surface area contributed by atoms with Crippen LogP contribution in [0.4, 0.5) is 8.78 Å². The van der Waals surface area contributed by atoms with E-state index in [4.69, 9.17) is 0 Å². The number of hydrogen-bond acceptors (Lipinski definition) is 1. The highest BCUT2D eigenvalue weighted by Gasteiger charge is 2.23. The zero-order chi connectivity index (χ0) is 12.3. The Hall–Kier alpha value is -0.480. The quantitative estimate of drug-likeness (QED) is 0.899. The van der Waals surface area contributed by atoms with Gasteiger partial charge in [-0.2, -0.15) is 0 Å². The molecule has 1 aromatic rings. The van der Waals surface area contributed by atoms with Crippen molar-refractivity contribution in [2.75, 3.05) is 6.54 Å². The molecule has 4 heteroatoms. The molecule has 0 aliphatic carbocycles. The van der Waals surface area contributed by atoms with Gasteiger partial charge in [-0.1, -0.05) is 22.4 Å². The summed E-state index contributed by atoms with van der Waals surface area (Å²) in [6.07, 6.45) is 2.37. The molecule has 0 bridgehead atoms. The van der Waals surface area contributed by atoms with Gasteiger partial charge in [0.25, 0.3) is 0 Å². The predicted molar refractivity (Wildman–Crippen MR) is 68.3 cm³/mol. The van der Waals surface area contributed by atoms with Crippen LogP contribution >= 0.6 is 15.9 Å². The van der Waals surface area contributed by atoms with E-state index in [1.54, 1.807) is 6.07 Å². The predicted octanol–water partition coefficient (Wildman–Crippen LogP) is 3.61. The molecule has 1 heterocycles. The Kier molecular flexibility index (Phi) is 4.51. The molecule has 1 aromatic carbocycles. The second kappa shape index (κ2) is 5.91. The molecule has 94 valence electrons. The summed E-state index contributed by atoms with van der Waals surface area (Å²) in [7, 11) is 0. The fraction of sp³-hybridized carbons (Fsp3) is 0.538. The third kappa shape index (κ3) is 3.49. The maximum Gasteiger partial charge on any atom is 0.123 e. The molecular formula is C13H16BrF2N. The molecule has 17 heavy (non-hydrogen) atoms. The Bertz CT molecular complexity index is 378. The van der Waals surface area contributed by atoms with Gasteiger partial charge in [0, 0.05) is 16.9 Å². The van der Waals surface area contributed by atoms with Crippen LogP contribution < -0.4 is 5.32 Å². The summed E-state index contributed by atoms with van der Waals surface area (Å²) in [6, 6.07) is 4.32. The Morgan fingerprint density at radius 3 is 2.94 bits per heavy atom. The van der Waals surface area contributed by atoms with Gasteiger partial charge in [-0.15, -0.1) is 0 Å². The van der Waals surface area contributed by atoms with Gasteiger partial charge in [0.05, 0.1) is 0 Å². The van der Waals surface area contributed by atoms with Gasteiger partial charge >= 0.3 is 0 Å². The second-order valence-corrected chi connectivity index (χ2v) is 5.37. The highest BCUT2D eigenvalue weighted by molar-refractivity contribution is 9.10. The van der Waals surface area contributed by atoms with Gasteiger partial charge in [-0.25, -0.2) is 8.78 Å². The summed E-state index contributed by atoms with van der Waals surface area (Å²) >= 11 is 3.33. The number of alkyl halides is 1. The molecule has 1 N–H and O–H groups in total. The highest BCUT2D eigenvalue weighted by Crippen LogP contribution is 2.23. The number of nitrogens with one attached hydrogen (secondary N) is 1. The van der Waals surface area contributed by atoms with E-state index in [0.717, 1.165) is 30.3 Å². The monoisotopic (exact) mass is 303 g/mol. The van der Waals surface area contributed by atoms with Crippen molar-refractivity contribution in [3.63, 3.8) is 0 Å². The van der Waals surface area contributed by atoms with Gasteiger partial charge in [0.15, 0.2) is 0 Å². The largest absolute Gasteiger partial charge is 0.311 e. The van der Waals surface area contributed by atoms with Crippen LogP contribution in [-0.4, -0.2) is 18.8 Å². The first kappa shape index (κ1) is 13.0. The molecule has 1 aliphatic rings. The lowest BCUT2D eigenvalue weighted by Gasteiger charge is -2.26. The Morgan fingerprint density at radius 2 is 2.24 bits per heavy atom. The Labute approximate surface area is 109 Å². The van der Waals surface area contributed by atoms with E-state index in [1.165, 1.54) is 12.1 Å². The van der Waals surface area contributed by atoms with Crippen molar-refractivity contribution in [1.29, 1.82) is 0 Å². The van der Waals surface area contributed by atoms with Crippen molar-refractivity contribution < 1.29 is 8.78 Å². The standard InChI is InChI=1S/C13H16BrF2N/c14-11-5-4-10(15)7-9(11)8-12(16)13-3-1-2-6-17-13/h4-5,7,12-13,17H,1-3,6,8H2. The average molecular weight is 304 g/mol. The number of benzene rings is 1. The van der Waals surface area contributed by atoms with Crippen molar-refractivity contribution in [3.8, 4) is 0 Å². The molecule has 0 aromatic heterocycles. The normalized spacial score (nSPS) is 22.4. The number of halogens is 3. The fourth-order valence-corrected chi connectivity index (χ4v) is 2.65. The molecule has 0 radical (unpaired) electrons. The zero-order valence-corrected chi connectivity index (χ0v) is 11.1. The summed E-state index contributed by atoms with van der Waals surface area (Å²) in [5, 5.41) is 3.19. The third-order valence-electron chi connectivity index (χ3n) is 3.21. The van der Waals surface area contributed by atoms with Crippen LogP contribution in [0.2, 0.25) is 0 Å². The molecule has 2 atom stereocenters. The van der Waals surface area contributed by atoms with Crippen LogP contribution in [-0.2, 0) is 6.42 Å². The molecule has 2 rings (SSSR count). The number of hydrogen-bond donors (Lipinski definition) is 1. The topological polar surface area (TPSA) is 12.0 Å². The van der Waals surface area contributed by atoms with Crippen LogP contribution in [0.1, 0.15) is 24.8 Å². The van der Waals surface area contributed by atoms with Crippen molar-refractivity contribution in [1.82, 2.24) is 5.32 Å². The Balaban J connectivity index is 2.01. The van der Waals surface area contributed by atoms with E-state index >= 15 is 0 Å². The van der Waals surface area contributed by atoms with E-state index in [1.807, 2.05) is 0 Å². The SMILES string of the molecule is Fc1ccc(Br)c(CC(F)C2CCCCN2)c1. The van der Waals surface area contributed by atoms with Crippen LogP contribution in [0.3, 0.4) is 0 Å². The number of rotatable bonds is 3. The summed E-state index contributed by atoms with van der Waals surface area (Å²) in [5.41, 5.74) is 0.699. The minimum absolute atomic E-state index is 0.0843. The Morgan fingerprint density at radius 1 is 1.41 bits per heavy atom. The molecule has 1 aliphatic heterocycles. The van der Waals surface area contributed by atoms with Gasteiger partial charge < -0.3 is 5.32 Å². The van der Waals surface area contributed by atoms with Crippen LogP contribution in [0, 0.1) is 5.82 Å². The molecule has 1 fully saturated rings. The first-order chi connectivity index (χ1) is 8.16. The average Bonchev–Trinajstić information content (AvgIpc) is 2.35. The third-order valence-corrected chi connectivity index (χ3v) is 3.98. The lowest BCUT2D eigenvalue weighted by Crippen LogP contribution is -2.42. The van der Waals surface area contributed by atoms with E-state index in [2.05, 4.69) is 21.2 Å². The van der Waals surface area contributed by atoms with Crippen LogP contribution in [0.5, 0.6) is 0 Å². The van der Waals surface area contributed by atoms with Crippen LogP contribution in [0.15, 0.2) is 22.7 Å². The summed E-state index contributed by atoms with van der Waals surface area (Å²) in [6.45, 7) is 0.884. The van der Waals surface area contributed by atoms with E-state index in [0.29, 0.717) is 5.56 Å². The molecule has 0 spiro atoms. The van der Waals surface area contributed by atoms with Crippen molar-refractivity contribution >= 4 is 15.9 Å². The minimum Gasteiger partial charge on any atom is -0.311 e. The van der Waals surface area contributed by atoms with Gasteiger partial charge in [0.1, 0.15) is 12.0 Å². The first-order valence-electron chi connectivity index (χ1n) is 5.98. The van der Waals surface area contributed by atoms with Crippen molar-refractivity contribution in [2.24, 2.45) is 0 Å². The molecule has 1 nitrogen and oxygen atoms in total. The lowest BCUT2D eigenvalue weighted by atomic mass is 9.96. The van der Waals surface area contributed by atoms with E-state index in [9.17, 15) is 8.78 Å². The van der Waals surface area contributed by atoms with Crippen molar-refractivity contribution in [2.45, 2.75) is 37.9 Å². The molecule has 2 unspecified atom stereocenters. The van der Waals surface area contributed by atoms with Gasteiger partial charge in [0.2, 0.25) is 0 Å². The van der Waals surface area contributed by atoms with Crippen molar-refractivity contribution in [3.05, 3.63) is 34.1 Å². The molecule has 0 saturated carbocycles. The molecule has 0 amide bonds. The molecule has 1 saturated heterocycles. The molecular weight excluding hydrogens is 288 g/mol. The van der Waals surface area contributed by atoms with E-state index in [-0.39, 0.29) is 18.3 Å². The maximum atomic E-state index is 14.1.